The second-order valence-corrected chi connectivity index (χ2v) is 9.77. The fourth-order valence-corrected chi connectivity index (χ4v) is 5.44. The van der Waals surface area contributed by atoms with E-state index in [-0.39, 0.29) is 6.04 Å². The quantitative estimate of drug-likeness (QED) is 0.563. The van der Waals surface area contributed by atoms with Gasteiger partial charge in [-0.15, -0.1) is 0 Å². The molecule has 2 N–H and O–H groups in total. The first-order valence-corrected chi connectivity index (χ1v) is 12.0. The number of nitrogens with zero attached hydrogens (tertiary/aromatic N) is 5. The molecule has 0 bridgehead atoms. The third-order valence-electron chi connectivity index (χ3n) is 7.11. The predicted octanol–water partition coefficient (Wildman–Crippen LogP) is 3.05. The lowest BCUT2D eigenvalue weighted by atomic mass is 9.83. The van der Waals surface area contributed by atoms with Crippen LogP contribution in [0.2, 0.25) is 11.8 Å². The second-order valence-electron chi connectivity index (χ2n) is 9.34. The largest absolute Gasteiger partial charge is 0.437 e. The van der Waals surface area contributed by atoms with Gasteiger partial charge in [-0.2, -0.15) is 0 Å². The molecule has 34 heavy (non-hydrogen) atoms. The van der Waals surface area contributed by atoms with E-state index in [9.17, 15) is 10.1 Å². The molecule has 1 aliphatic heterocycles. The maximum absolute atomic E-state index is 11.9. The number of pyridine rings is 1. The molecule has 1 aliphatic carbocycles. The van der Waals surface area contributed by atoms with Gasteiger partial charge in [-0.3, -0.25) is 9.88 Å². The van der Waals surface area contributed by atoms with Crippen LogP contribution in [0.15, 0.2) is 49.1 Å². The summed E-state index contributed by atoms with van der Waals surface area (Å²) in [6, 6.07) is 9.78. The molecule has 176 valence electrons. The Bertz CT molecular complexity index is 1230. The molecule has 3 aromatic rings. The molecule has 5 rings (SSSR count). The summed E-state index contributed by atoms with van der Waals surface area (Å²) < 4.78 is 1.84. The highest BCUT2D eigenvalue weighted by Gasteiger charge is 2.39. The van der Waals surface area contributed by atoms with Crippen molar-refractivity contribution in [2.24, 2.45) is 7.05 Å². The molecule has 0 amide bonds. The lowest BCUT2D eigenvalue weighted by Crippen LogP contribution is -2.52. The van der Waals surface area contributed by atoms with Crippen LogP contribution >= 0.6 is 11.6 Å². The van der Waals surface area contributed by atoms with Gasteiger partial charge in [-0.05, 0) is 60.3 Å². The van der Waals surface area contributed by atoms with E-state index in [2.05, 4.69) is 20.8 Å². The number of hydrogen-bond acceptors (Lipinski definition) is 6. The van der Waals surface area contributed by atoms with Crippen molar-refractivity contribution in [3.63, 3.8) is 0 Å². The molecule has 3 heterocycles. The van der Waals surface area contributed by atoms with Crippen molar-refractivity contribution in [1.82, 2.24) is 24.2 Å². The maximum Gasteiger partial charge on any atom is 0.376 e. The van der Waals surface area contributed by atoms with Gasteiger partial charge in [0.2, 0.25) is 0 Å². The number of aryl methyl sites for hydroxylation is 1. The van der Waals surface area contributed by atoms with E-state index < -0.39 is 12.7 Å². The number of imidazole rings is 1. The minimum Gasteiger partial charge on any atom is -0.437 e. The van der Waals surface area contributed by atoms with Gasteiger partial charge in [-0.25, -0.2) is 4.98 Å². The van der Waals surface area contributed by atoms with Crippen LogP contribution in [-0.2, 0) is 12.6 Å². The van der Waals surface area contributed by atoms with Crippen molar-refractivity contribution in [3.8, 4) is 0 Å². The fraction of sp³-hybridized carbons (Fsp3) is 0.360. The van der Waals surface area contributed by atoms with Crippen LogP contribution in [-0.4, -0.2) is 67.6 Å². The molecule has 2 atom stereocenters. The Balaban J connectivity index is 1.68. The fourth-order valence-electron chi connectivity index (χ4n) is 5.27. The first kappa shape index (κ1) is 23.3. The molecule has 7 nitrogen and oxygen atoms in total. The van der Waals surface area contributed by atoms with Crippen LogP contribution in [0.5, 0.6) is 0 Å². The van der Waals surface area contributed by atoms with Crippen molar-refractivity contribution >= 4 is 30.3 Å². The molecule has 0 radical (unpaired) electrons. The number of fused-ring (bicyclic) bond motifs is 2. The third kappa shape index (κ3) is 3.99. The summed E-state index contributed by atoms with van der Waals surface area (Å²) in [6.07, 6.45) is 7.26. The Morgan fingerprint density at radius 1 is 1.18 bits per heavy atom. The van der Waals surface area contributed by atoms with Gasteiger partial charge >= 0.3 is 7.05 Å². The summed E-state index contributed by atoms with van der Waals surface area (Å²) in [6.45, 7) is 6.74. The van der Waals surface area contributed by atoms with Gasteiger partial charge in [0.15, 0.2) is 0 Å². The molecule has 0 spiro atoms. The molecule has 2 aromatic heterocycles. The second kappa shape index (κ2) is 8.94. The number of benzene rings is 1. The highest BCUT2D eigenvalue weighted by atomic mass is 35.5. The Morgan fingerprint density at radius 2 is 1.94 bits per heavy atom. The van der Waals surface area contributed by atoms with Crippen molar-refractivity contribution in [2.45, 2.75) is 25.4 Å². The third-order valence-corrected chi connectivity index (χ3v) is 7.35. The van der Waals surface area contributed by atoms with Crippen molar-refractivity contribution in [2.75, 3.05) is 26.2 Å². The summed E-state index contributed by atoms with van der Waals surface area (Å²) >= 11 is 6.51. The number of hydrogen-bond donors (Lipinski definition) is 2. The van der Waals surface area contributed by atoms with Crippen molar-refractivity contribution in [1.29, 1.82) is 0 Å². The van der Waals surface area contributed by atoms with Crippen LogP contribution in [0.3, 0.4) is 0 Å². The van der Waals surface area contributed by atoms with Gasteiger partial charge in [0.25, 0.3) is 0 Å². The van der Waals surface area contributed by atoms with Gasteiger partial charge in [0.1, 0.15) is 5.60 Å². The van der Waals surface area contributed by atoms with Crippen LogP contribution in [0, 0.1) is 0 Å². The van der Waals surface area contributed by atoms with Gasteiger partial charge in [0.05, 0.1) is 30.0 Å². The predicted molar refractivity (Wildman–Crippen MR) is 135 cm³/mol. The van der Waals surface area contributed by atoms with Crippen LogP contribution in [0.1, 0.15) is 41.0 Å². The van der Waals surface area contributed by atoms with Crippen molar-refractivity contribution in [3.05, 3.63) is 82.2 Å². The smallest absolute Gasteiger partial charge is 0.376 e. The van der Waals surface area contributed by atoms with E-state index in [1.807, 2.05) is 55.0 Å². The summed E-state index contributed by atoms with van der Waals surface area (Å²) in [5, 5.41) is 22.6. The van der Waals surface area contributed by atoms with Gasteiger partial charge in [0, 0.05) is 44.4 Å². The van der Waals surface area contributed by atoms with E-state index >= 15 is 0 Å². The topological polar surface area (TPSA) is 77.6 Å². The normalized spacial score (nSPS) is 20.6. The summed E-state index contributed by atoms with van der Waals surface area (Å²) in [4.78, 5) is 13.5. The molecule has 1 saturated heterocycles. The standard InChI is InChI=1S/C25H29BClN5O2/c1-25(33,22-15-28-16-30(22)3)21-13-17-5-4-8-29-23(17)24(19-7-6-18(27)14-20(19)21)31-9-11-32(12-10-31)26(2)34/h4-8,13-16,24,33-34H,9-12H2,1-3H3/t24?,25-/m0/s1. The van der Waals surface area contributed by atoms with Crippen LogP contribution < -0.4 is 0 Å². The minimum absolute atomic E-state index is 0.101. The number of halogens is 1. The number of aliphatic hydroxyl groups is 1. The number of rotatable bonds is 4. The van der Waals surface area contributed by atoms with Crippen LogP contribution in [0.25, 0.3) is 11.6 Å². The summed E-state index contributed by atoms with van der Waals surface area (Å²) in [5.41, 5.74) is 4.02. The minimum atomic E-state index is -1.31. The van der Waals surface area contributed by atoms with E-state index in [1.54, 1.807) is 19.4 Å². The Hall–Kier alpha value is -2.49. The van der Waals surface area contributed by atoms with E-state index in [4.69, 9.17) is 16.6 Å². The van der Waals surface area contributed by atoms with E-state index in [1.165, 1.54) is 0 Å². The Labute approximate surface area is 205 Å². The zero-order chi connectivity index (χ0) is 24.0. The Kier molecular flexibility index (Phi) is 6.12. The molecular formula is C25H29BClN5O2. The molecule has 1 aromatic carbocycles. The molecule has 2 aliphatic rings. The summed E-state index contributed by atoms with van der Waals surface area (Å²) in [7, 11) is 1.42. The zero-order valence-electron chi connectivity index (χ0n) is 19.7. The van der Waals surface area contributed by atoms with E-state index in [0.29, 0.717) is 10.7 Å². The first-order chi connectivity index (χ1) is 16.3. The Morgan fingerprint density at radius 3 is 2.62 bits per heavy atom. The van der Waals surface area contributed by atoms with E-state index in [0.717, 1.165) is 54.1 Å². The van der Waals surface area contributed by atoms with Gasteiger partial charge < -0.3 is 19.5 Å². The highest BCUT2D eigenvalue weighted by Crippen LogP contribution is 2.46. The maximum atomic E-state index is 11.9. The lowest BCUT2D eigenvalue weighted by molar-refractivity contribution is 0.114. The monoisotopic (exact) mass is 477 g/mol. The molecule has 0 saturated carbocycles. The lowest BCUT2D eigenvalue weighted by Gasteiger charge is -2.40. The molecule has 9 heteroatoms. The van der Waals surface area contributed by atoms with Crippen molar-refractivity contribution < 1.29 is 10.1 Å². The van der Waals surface area contributed by atoms with Gasteiger partial charge in [-0.1, -0.05) is 23.7 Å². The SMILES string of the molecule is CB(O)N1CCN(C2c3ccc(Cl)cc3C([C@](C)(O)c3cncn3C)=Cc3cccnc32)CC1. The first-order valence-electron chi connectivity index (χ1n) is 11.6. The molecule has 1 fully saturated rings. The summed E-state index contributed by atoms with van der Waals surface area (Å²) in [5.74, 6) is 0. The van der Waals surface area contributed by atoms with Crippen LogP contribution in [0.4, 0.5) is 0 Å². The zero-order valence-corrected chi connectivity index (χ0v) is 20.4. The average molecular weight is 478 g/mol. The average Bonchev–Trinajstić information content (AvgIpc) is 3.20. The molecule has 1 unspecified atom stereocenters. The number of aromatic nitrogens is 3. The molecular weight excluding hydrogens is 449 g/mol. The highest BCUT2D eigenvalue weighted by molar-refractivity contribution is 6.45. The number of piperazine rings is 1.